The zero-order chi connectivity index (χ0) is 10.1. The third-order valence-corrected chi connectivity index (χ3v) is 3.52. The molecular formula is C11H11ClOS. The van der Waals surface area contributed by atoms with Crippen molar-refractivity contribution in [3.63, 3.8) is 0 Å². The molecule has 0 spiro atoms. The summed E-state index contributed by atoms with van der Waals surface area (Å²) < 4.78 is 6.58. The summed E-state index contributed by atoms with van der Waals surface area (Å²) in [6.45, 7) is 2.05. The summed E-state index contributed by atoms with van der Waals surface area (Å²) in [6.07, 6.45) is 0. The van der Waals surface area contributed by atoms with E-state index < -0.39 is 0 Å². The number of halogens is 1. The predicted octanol–water partition coefficient (Wildman–Crippen LogP) is 3.96. The van der Waals surface area contributed by atoms with E-state index in [4.69, 9.17) is 16.3 Å². The average molecular weight is 227 g/mol. The Morgan fingerprint density at radius 1 is 1.50 bits per heavy atom. The Bertz CT molecular complexity index is 462. The van der Waals surface area contributed by atoms with Gasteiger partial charge in [0.25, 0.3) is 0 Å². The Morgan fingerprint density at radius 2 is 2.29 bits per heavy atom. The SMILES string of the molecule is COc1c(C)cc(CCl)c2ccsc12. The zero-order valence-electron chi connectivity index (χ0n) is 8.13. The number of thiophene rings is 1. The van der Waals surface area contributed by atoms with Gasteiger partial charge in [0.2, 0.25) is 0 Å². The summed E-state index contributed by atoms with van der Waals surface area (Å²) >= 11 is 7.59. The minimum atomic E-state index is 0.554. The molecule has 0 unspecified atom stereocenters. The van der Waals surface area contributed by atoms with Gasteiger partial charge in [-0.15, -0.1) is 22.9 Å². The highest BCUT2D eigenvalue weighted by molar-refractivity contribution is 7.17. The normalized spacial score (nSPS) is 10.8. The molecule has 0 atom stereocenters. The van der Waals surface area contributed by atoms with Crippen LogP contribution < -0.4 is 4.74 Å². The van der Waals surface area contributed by atoms with Crippen molar-refractivity contribution >= 4 is 33.0 Å². The number of aryl methyl sites for hydroxylation is 1. The van der Waals surface area contributed by atoms with Crippen LogP contribution in [-0.4, -0.2) is 7.11 Å². The molecule has 0 aliphatic rings. The van der Waals surface area contributed by atoms with Crippen molar-refractivity contribution in [2.45, 2.75) is 12.8 Å². The maximum absolute atomic E-state index is 5.89. The number of hydrogen-bond donors (Lipinski definition) is 0. The van der Waals surface area contributed by atoms with Crippen molar-refractivity contribution in [3.05, 3.63) is 28.6 Å². The van der Waals surface area contributed by atoms with Crippen LogP contribution in [0.2, 0.25) is 0 Å². The van der Waals surface area contributed by atoms with Gasteiger partial charge in [0.1, 0.15) is 5.75 Å². The van der Waals surface area contributed by atoms with Crippen LogP contribution in [-0.2, 0) is 5.88 Å². The number of benzene rings is 1. The van der Waals surface area contributed by atoms with E-state index in [0.29, 0.717) is 5.88 Å². The van der Waals surface area contributed by atoms with Crippen LogP contribution in [0.15, 0.2) is 17.5 Å². The molecule has 2 aromatic rings. The molecule has 1 heterocycles. The van der Waals surface area contributed by atoms with E-state index in [0.717, 1.165) is 11.3 Å². The number of hydrogen-bond acceptors (Lipinski definition) is 2. The van der Waals surface area contributed by atoms with Crippen molar-refractivity contribution in [2.24, 2.45) is 0 Å². The Hall–Kier alpha value is -0.730. The first-order valence-corrected chi connectivity index (χ1v) is 5.79. The molecule has 0 bridgehead atoms. The van der Waals surface area contributed by atoms with Gasteiger partial charge < -0.3 is 4.74 Å². The quantitative estimate of drug-likeness (QED) is 0.705. The van der Waals surface area contributed by atoms with Crippen molar-refractivity contribution in [1.82, 2.24) is 0 Å². The molecule has 0 aliphatic heterocycles. The molecule has 3 heteroatoms. The molecule has 1 nitrogen and oxygen atoms in total. The van der Waals surface area contributed by atoms with Crippen molar-refractivity contribution in [3.8, 4) is 5.75 Å². The van der Waals surface area contributed by atoms with E-state index in [9.17, 15) is 0 Å². The fourth-order valence-electron chi connectivity index (χ4n) is 1.69. The molecule has 74 valence electrons. The number of alkyl halides is 1. The van der Waals surface area contributed by atoms with E-state index in [1.54, 1.807) is 18.4 Å². The maximum atomic E-state index is 5.89. The Morgan fingerprint density at radius 3 is 2.93 bits per heavy atom. The summed E-state index contributed by atoms with van der Waals surface area (Å²) in [4.78, 5) is 0. The van der Waals surface area contributed by atoms with E-state index in [1.807, 2.05) is 6.92 Å². The van der Waals surface area contributed by atoms with Crippen molar-refractivity contribution in [2.75, 3.05) is 7.11 Å². The van der Waals surface area contributed by atoms with Crippen LogP contribution in [0.25, 0.3) is 10.1 Å². The largest absolute Gasteiger partial charge is 0.495 e. The van der Waals surface area contributed by atoms with Gasteiger partial charge in [-0.3, -0.25) is 0 Å². The first kappa shape index (κ1) is 9.81. The highest BCUT2D eigenvalue weighted by atomic mass is 35.5. The molecular weight excluding hydrogens is 216 g/mol. The molecule has 0 saturated carbocycles. The first-order valence-electron chi connectivity index (χ1n) is 4.37. The molecule has 0 radical (unpaired) electrons. The average Bonchev–Trinajstić information content (AvgIpc) is 2.65. The lowest BCUT2D eigenvalue weighted by Gasteiger charge is -2.08. The summed E-state index contributed by atoms with van der Waals surface area (Å²) in [6, 6.07) is 4.20. The van der Waals surface area contributed by atoms with Gasteiger partial charge in [-0.2, -0.15) is 0 Å². The van der Waals surface area contributed by atoms with E-state index in [-0.39, 0.29) is 0 Å². The smallest absolute Gasteiger partial charge is 0.139 e. The molecule has 14 heavy (non-hydrogen) atoms. The second-order valence-corrected chi connectivity index (χ2v) is 4.37. The summed E-state index contributed by atoms with van der Waals surface area (Å²) in [5.41, 5.74) is 2.33. The maximum Gasteiger partial charge on any atom is 0.139 e. The summed E-state index contributed by atoms with van der Waals surface area (Å²) in [7, 11) is 1.71. The molecule has 2 rings (SSSR count). The lowest BCUT2D eigenvalue weighted by atomic mass is 10.1. The molecule has 0 fully saturated rings. The molecule has 1 aromatic carbocycles. The molecule has 0 amide bonds. The highest BCUT2D eigenvalue weighted by Crippen LogP contribution is 2.36. The third-order valence-electron chi connectivity index (χ3n) is 2.31. The van der Waals surface area contributed by atoms with Crippen LogP contribution in [0, 0.1) is 6.92 Å². The number of rotatable bonds is 2. The van der Waals surface area contributed by atoms with Gasteiger partial charge in [0.05, 0.1) is 11.8 Å². The van der Waals surface area contributed by atoms with Gasteiger partial charge in [-0.1, -0.05) is 6.07 Å². The number of fused-ring (bicyclic) bond motifs is 1. The van der Waals surface area contributed by atoms with E-state index in [1.165, 1.54) is 15.6 Å². The molecule has 0 N–H and O–H groups in total. The topological polar surface area (TPSA) is 9.23 Å². The van der Waals surface area contributed by atoms with Crippen molar-refractivity contribution in [1.29, 1.82) is 0 Å². The van der Waals surface area contributed by atoms with Gasteiger partial charge in [-0.25, -0.2) is 0 Å². The number of methoxy groups -OCH3 is 1. The van der Waals surface area contributed by atoms with Crippen LogP contribution in [0.5, 0.6) is 5.75 Å². The Kier molecular flexibility index (Phi) is 2.66. The monoisotopic (exact) mass is 226 g/mol. The Labute approximate surface area is 92.3 Å². The number of ether oxygens (including phenoxy) is 1. The first-order chi connectivity index (χ1) is 6.77. The van der Waals surface area contributed by atoms with Crippen LogP contribution in [0.4, 0.5) is 0 Å². The lowest BCUT2D eigenvalue weighted by molar-refractivity contribution is 0.417. The minimum absolute atomic E-state index is 0.554. The van der Waals surface area contributed by atoms with Crippen LogP contribution >= 0.6 is 22.9 Å². The van der Waals surface area contributed by atoms with Crippen molar-refractivity contribution < 1.29 is 4.74 Å². The summed E-state index contributed by atoms with van der Waals surface area (Å²) in [5, 5.41) is 3.29. The van der Waals surface area contributed by atoms with E-state index >= 15 is 0 Å². The standard InChI is InChI=1S/C11H11ClOS/c1-7-5-8(6-12)9-3-4-14-11(9)10(7)13-2/h3-5H,6H2,1-2H3. The molecule has 0 aliphatic carbocycles. The lowest BCUT2D eigenvalue weighted by Crippen LogP contribution is -1.90. The summed E-state index contributed by atoms with van der Waals surface area (Å²) in [5.74, 6) is 1.53. The van der Waals surface area contributed by atoms with Crippen LogP contribution in [0.1, 0.15) is 11.1 Å². The second-order valence-electron chi connectivity index (χ2n) is 3.18. The Balaban J connectivity index is 2.81. The molecule has 1 aromatic heterocycles. The minimum Gasteiger partial charge on any atom is -0.495 e. The van der Waals surface area contributed by atoms with Gasteiger partial charge in [-0.05, 0) is 29.5 Å². The van der Waals surface area contributed by atoms with Gasteiger partial charge >= 0.3 is 0 Å². The third kappa shape index (κ3) is 1.39. The zero-order valence-corrected chi connectivity index (χ0v) is 9.71. The van der Waals surface area contributed by atoms with Gasteiger partial charge in [0.15, 0.2) is 0 Å². The fourth-order valence-corrected chi connectivity index (χ4v) is 2.92. The molecule has 0 saturated heterocycles. The predicted molar refractivity (Wildman–Crippen MR) is 62.7 cm³/mol. The second kappa shape index (κ2) is 3.79. The van der Waals surface area contributed by atoms with Crippen LogP contribution in [0.3, 0.4) is 0 Å². The highest BCUT2D eigenvalue weighted by Gasteiger charge is 2.10. The fraction of sp³-hybridized carbons (Fsp3) is 0.273. The van der Waals surface area contributed by atoms with Gasteiger partial charge in [0, 0.05) is 11.3 Å². The van der Waals surface area contributed by atoms with E-state index in [2.05, 4.69) is 17.5 Å².